The molecule has 0 radical (unpaired) electrons. The summed E-state index contributed by atoms with van der Waals surface area (Å²) in [4.78, 5) is 49.5. The van der Waals surface area contributed by atoms with E-state index in [9.17, 15) is 14.4 Å². The topological polar surface area (TPSA) is 108 Å². The second-order valence-corrected chi connectivity index (χ2v) is 9.09. The molecule has 0 spiro atoms. The van der Waals surface area contributed by atoms with Crippen LogP contribution in [0.2, 0.25) is 5.15 Å². The number of aromatic nitrogens is 2. The normalized spacial score (nSPS) is 22.8. The number of piperidine rings is 2. The van der Waals surface area contributed by atoms with Crippen LogP contribution in [0.25, 0.3) is 0 Å². The maximum Gasteiger partial charge on any atom is 0.255 e. The van der Waals surface area contributed by atoms with Gasteiger partial charge in [0.15, 0.2) is 0 Å². The molecule has 2 aromatic rings. The standard InChI is InChI=1S/C23H25ClN6O3/c24-19-7-9-26-23(27-19)29(16-2-1-8-25-11-16)12-14-3-4-15-13-30(22(33)17(15)10-14)18-5-6-20(31)28-21(18)32/h3-4,7,9-10,16,18,25H,1-2,5-6,8,11-13H2,(H,28,31,32). The average Bonchev–Trinajstić information content (AvgIpc) is 3.14. The maximum absolute atomic E-state index is 13.2. The van der Waals surface area contributed by atoms with Crippen molar-refractivity contribution in [2.75, 3.05) is 18.0 Å². The van der Waals surface area contributed by atoms with Crippen molar-refractivity contribution in [3.8, 4) is 0 Å². The number of carbonyl (C=O) groups excluding carboxylic acids is 3. The number of fused-ring (bicyclic) bond motifs is 1. The highest BCUT2D eigenvalue weighted by Gasteiger charge is 2.39. The highest BCUT2D eigenvalue weighted by Crippen LogP contribution is 2.29. The Balaban J connectivity index is 1.38. The van der Waals surface area contributed by atoms with E-state index >= 15 is 0 Å². The van der Waals surface area contributed by atoms with Gasteiger partial charge in [-0.3, -0.25) is 19.7 Å². The Bertz CT molecular complexity index is 1100. The van der Waals surface area contributed by atoms with E-state index in [2.05, 4.69) is 25.5 Å². The molecule has 3 aliphatic heterocycles. The van der Waals surface area contributed by atoms with Crippen molar-refractivity contribution in [3.05, 3.63) is 52.3 Å². The lowest BCUT2D eigenvalue weighted by molar-refractivity contribution is -0.136. The Morgan fingerprint density at radius 2 is 2.06 bits per heavy atom. The van der Waals surface area contributed by atoms with Gasteiger partial charge in [-0.1, -0.05) is 23.7 Å². The lowest BCUT2D eigenvalue weighted by Gasteiger charge is -2.35. The third-order valence-electron chi connectivity index (χ3n) is 6.52. The monoisotopic (exact) mass is 468 g/mol. The Kier molecular flexibility index (Phi) is 5.99. The minimum absolute atomic E-state index is 0.175. The van der Waals surface area contributed by atoms with Crippen molar-refractivity contribution in [1.82, 2.24) is 25.5 Å². The molecule has 172 valence electrons. The number of halogens is 1. The van der Waals surface area contributed by atoms with Gasteiger partial charge in [-0.05, 0) is 49.1 Å². The van der Waals surface area contributed by atoms with Gasteiger partial charge in [0.2, 0.25) is 17.8 Å². The summed E-state index contributed by atoms with van der Waals surface area (Å²) >= 11 is 6.14. The van der Waals surface area contributed by atoms with Crippen LogP contribution in [0.4, 0.5) is 5.95 Å². The zero-order chi connectivity index (χ0) is 22.9. The highest BCUT2D eigenvalue weighted by atomic mass is 35.5. The van der Waals surface area contributed by atoms with E-state index in [1.54, 1.807) is 17.2 Å². The molecule has 2 N–H and O–H groups in total. The molecular formula is C23H25ClN6O3. The predicted molar refractivity (Wildman–Crippen MR) is 122 cm³/mol. The number of imide groups is 1. The van der Waals surface area contributed by atoms with Gasteiger partial charge in [0.05, 0.1) is 0 Å². The molecule has 1 aromatic heterocycles. The van der Waals surface area contributed by atoms with Crippen LogP contribution in [-0.4, -0.2) is 57.8 Å². The largest absolute Gasteiger partial charge is 0.332 e. The minimum atomic E-state index is -0.615. The summed E-state index contributed by atoms with van der Waals surface area (Å²) in [5.74, 6) is -0.302. The van der Waals surface area contributed by atoms with Crippen molar-refractivity contribution in [3.63, 3.8) is 0 Å². The lowest BCUT2D eigenvalue weighted by atomic mass is 10.0. The molecule has 3 amide bonds. The molecule has 5 rings (SSSR count). The van der Waals surface area contributed by atoms with Crippen LogP contribution in [0.3, 0.4) is 0 Å². The van der Waals surface area contributed by atoms with Crippen molar-refractivity contribution in [2.45, 2.75) is 50.9 Å². The zero-order valence-corrected chi connectivity index (χ0v) is 18.8. The molecule has 0 aliphatic carbocycles. The van der Waals surface area contributed by atoms with Crippen molar-refractivity contribution >= 4 is 35.3 Å². The number of rotatable bonds is 5. The number of benzene rings is 1. The number of hydrogen-bond donors (Lipinski definition) is 2. The summed E-state index contributed by atoms with van der Waals surface area (Å²) in [6, 6.07) is 7.10. The Morgan fingerprint density at radius 1 is 1.18 bits per heavy atom. The second kappa shape index (κ2) is 9.07. The number of nitrogens with one attached hydrogen (secondary N) is 2. The van der Waals surface area contributed by atoms with E-state index in [1.165, 1.54) is 0 Å². The smallest absolute Gasteiger partial charge is 0.255 e. The molecule has 1 aromatic carbocycles. The third kappa shape index (κ3) is 4.43. The number of amides is 3. The van der Waals surface area contributed by atoms with Crippen LogP contribution < -0.4 is 15.5 Å². The molecule has 0 bridgehead atoms. The van der Waals surface area contributed by atoms with Gasteiger partial charge in [-0.25, -0.2) is 9.97 Å². The number of carbonyl (C=O) groups is 3. The molecule has 33 heavy (non-hydrogen) atoms. The van der Waals surface area contributed by atoms with E-state index in [-0.39, 0.29) is 24.3 Å². The summed E-state index contributed by atoms with van der Waals surface area (Å²) in [7, 11) is 0. The number of hydrogen-bond acceptors (Lipinski definition) is 7. The van der Waals surface area contributed by atoms with Crippen molar-refractivity contribution < 1.29 is 14.4 Å². The first-order chi connectivity index (χ1) is 16.0. The van der Waals surface area contributed by atoms with E-state index in [1.807, 2.05) is 18.2 Å². The fourth-order valence-electron chi connectivity index (χ4n) is 4.82. The van der Waals surface area contributed by atoms with Crippen LogP contribution in [0.15, 0.2) is 30.5 Å². The summed E-state index contributed by atoms with van der Waals surface area (Å²) < 4.78 is 0. The molecular weight excluding hydrogens is 444 g/mol. The van der Waals surface area contributed by atoms with E-state index in [0.717, 1.165) is 37.1 Å². The van der Waals surface area contributed by atoms with Gasteiger partial charge < -0.3 is 15.1 Å². The fourth-order valence-corrected chi connectivity index (χ4v) is 4.96. The lowest BCUT2D eigenvalue weighted by Crippen LogP contribution is -2.52. The highest BCUT2D eigenvalue weighted by molar-refractivity contribution is 6.29. The summed E-state index contributed by atoms with van der Waals surface area (Å²) in [6.07, 6.45) is 4.32. The second-order valence-electron chi connectivity index (χ2n) is 8.70. The third-order valence-corrected chi connectivity index (χ3v) is 6.73. The zero-order valence-electron chi connectivity index (χ0n) is 18.1. The van der Waals surface area contributed by atoms with Gasteiger partial charge >= 0.3 is 0 Å². The Morgan fingerprint density at radius 3 is 2.82 bits per heavy atom. The first kappa shape index (κ1) is 21.8. The fraction of sp³-hybridized carbons (Fsp3) is 0.435. The van der Waals surface area contributed by atoms with Crippen LogP contribution in [0.1, 0.15) is 47.2 Å². The summed E-state index contributed by atoms with van der Waals surface area (Å²) in [5.41, 5.74) is 2.45. The molecule has 2 atom stereocenters. The van der Waals surface area contributed by atoms with Gasteiger partial charge in [0.25, 0.3) is 5.91 Å². The molecule has 2 unspecified atom stereocenters. The SMILES string of the molecule is O=C1CCC(N2Cc3ccc(CN(c4nccc(Cl)n4)C4CCCNC4)cc3C2=O)C(=O)N1. The first-order valence-electron chi connectivity index (χ1n) is 11.2. The molecule has 4 heterocycles. The molecule has 9 nitrogen and oxygen atoms in total. The number of nitrogens with zero attached hydrogens (tertiary/aromatic N) is 4. The van der Waals surface area contributed by atoms with Crippen LogP contribution in [0, 0.1) is 0 Å². The molecule has 2 fully saturated rings. The van der Waals surface area contributed by atoms with Crippen LogP contribution >= 0.6 is 11.6 Å². The summed E-state index contributed by atoms with van der Waals surface area (Å²) in [6.45, 7) is 2.72. The molecule has 0 saturated carbocycles. The predicted octanol–water partition coefficient (Wildman–Crippen LogP) is 1.65. The first-order valence-corrected chi connectivity index (χ1v) is 11.6. The molecule has 2 saturated heterocycles. The molecule has 3 aliphatic rings. The van der Waals surface area contributed by atoms with E-state index in [0.29, 0.717) is 36.2 Å². The Hall–Kier alpha value is -3.04. The average molecular weight is 469 g/mol. The summed E-state index contributed by atoms with van der Waals surface area (Å²) in [5, 5.41) is 6.16. The van der Waals surface area contributed by atoms with Gasteiger partial charge in [0.1, 0.15) is 11.2 Å². The molecule has 10 heteroatoms. The minimum Gasteiger partial charge on any atom is -0.332 e. The van der Waals surface area contributed by atoms with Gasteiger partial charge in [-0.2, -0.15) is 0 Å². The van der Waals surface area contributed by atoms with E-state index < -0.39 is 11.9 Å². The van der Waals surface area contributed by atoms with Crippen LogP contribution in [0.5, 0.6) is 0 Å². The maximum atomic E-state index is 13.2. The Labute approximate surface area is 196 Å². The van der Waals surface area contributed by atoms with Crippen LogP contribution in [-0.2, 0) is 22.7 Å². The van der Waals surface area contributed by atoms with E-state index in [4.69, 9.17) is 11.6 Å². The van der Waals surface area contributed by atoms with Crippen molar-refractivity contribution in [2.24, 2.45) is 0 Å². The number of anilines is 1. The van der Waals surface area contributed by atoms with Gasteiger partial charge in [0, 0.05) is 43.9 Å². The van der Waals surface area contributed by atoms with Gasteiger partial charge in [-0.15, -0.1) is 0 Å². The van der Waals surface area contributed by atoms with Crippen molar-refractivity contribution in [1.29, 1.82) is 0 Å². The quantitative estimate of drug-likeness (QED) is 0.507.